The zero-order valence-electron chi connectivity index (χ0n) is 12.5. The van der Waals surface area contributed by atoms with E-state index in [4.69, 9.17) is 14.6 Å². The second-order valence-corrected chi connectivity index (χ2v) is 5.61. The molecule has 0 aliphatic carbocycles. The van der Waals surface area contributed by atoms with Gasteiger partial charge in [0.2, 0.25) is 0 Å². The summed E-state index contributed by atoms with van der Waals surface area (Å²) < 4.78 is 11.3. The number of morpholine rings is 1. The van der Waals surface area contributed by atoms with E-state index in [1.54, 1.807) is 12.1 Å². The van der Waals surface area contributed by atoms with Crippen LogP contribution < -0.4 is 4.74 Å². The first-order valence-electron chi connectivity index (χ1n) is 7.21. The number of hydrogen-bond donors (Lipinski definition) is 1. The quantitative estimate of drug-likeness (QED) is 0.857. The molecular formula is C15H22N2O4. The summed E-state index contributed by atoms with van der Waals surface area (Å²) in [5.41, 5.74) is -0.0626. The summed E-state index contributed by atoms with van der Waals surface area (Å²) >= 11 is 0. The number of hydrogen-bond acceptors (Lipinski definition) is 5. The highest BCUT2D eigenvalue weighted by molar-refractivity contribution is 5.88. The van der Waals surface area contributed by atoms with Crippen molar-refractivity contribution in [3.05, 3.63) is 24.0 Å². The second kappa shape index (κ2) is 7.38. The van der Waals surface area contributed by atoms with Crippen LogP contribution in [0, 0.1) is 5.92 Å². The molecule has 1 unspecified atom stereocenters. The summed E-state index contributed by atoms with van der Waals surface area (Å²) in [4.78, 5) is 17.2. The highest BCUT2D eigenvalue weighted by Gasteiger charge is 2.22. The number of rotatable bonds is 6. The van der Waals surface area contributed by atoms with Gasteiger partial charge in [-0.05, 0) is 18.1 Å². The van der Waals surface area contributed by atoms with E-state index in [2.05, 4.69) is 23.7 Å². The molecule has 0 aromatic carbocycles. The molecule has 1 saturated heterocycles. The second-order valence-electron chi connectivity index (χ2n) is 5.61. The molecule has 1 fully saturated rings. The molecule has 0 radical (unpaired) electrons. The third-order valence-corrected chi connectivity index (χ3v) is 3.24. The van der Waals surface area contributed by atoms with Gasteiger partial charge >= 0.3 is 5.97 Å². The summed E-state index contributed by atoms with van der Waals surface area (Å²) in [6.45, 7) is 8.17. The first-order chi connectivity index (χ1) is 10.1. The summed E-state index contributed by atoms with van der Waals surface area (Å²) in [6.07, 6.45) is 1.40. The molecule has 1 N–H and O–H groups in total. The van der Waals surface area contributed by atoms with E-state index in [0.29, 0.717) is 19.1 Å². The van der Waals surface area contributed by atoms with Crippen LogP contribution in [0.15, 0.2) is 18.3 Å². The number of pyridine rings is 1. The minimum Gasteiger partial charge on any atom is -0.488 e. The molecule has 1 aromatic rings. The average Bonchev–Trinajstić information content (AvgIpc) is 2.45. The standard InChI is InChI=1S/C15H22N2O4/c1-11(2)8-17-6-7-20-12(9-17)10-21-13-4-3-5-16-14(13)15(18)19/h3-5,11-12H,6-10H2,1-2H3,(H,18,19). The fourth-order valence-electron chi connectivity index (χ4n) is 2.41. The lowest BCUT2D eigenvalue weighted by Gasteiger charge is -2.33. The minimum absolute atomic E-state index is 0.0423. The Morgan fingerprint density at radius 3 is 3.14 bits per heavy atom. The summed E-state index contributed by atoms with van der Waals surface area (Å²) in [6, 6.07) is 3.28. The molecule has 1 aliphatic heterocycles. The van der Waals surface area contributed by atoms with Crippen molar-refractivity contribution in [2.45, 2.75) is 20.0 Å². The van der Waals surface area contributed by atoms with Crippen LogP contribution in [-0.4, -0.2) is 59.9 Å². The van der Waals surface area contributed by atoms with Gasteiger partial charge in [0, 0.05) is 25.8 Å². The van der Waals surface area contributed by atoms with Crippen molar-refractivity contribution in [1.29, 1.82) is 0 Å². The lowest BCUT2D eigenvalue weighted by molar-refractivity contribution is -0.0506. The van der Waals surface area contributed by atoms with Crippen molar-refractivity contribution in [1.82, 2.24) is 9.88 Å². The Hall–Kier alpha value is -1.66. The van der Waals surface area contributed by atoms with Crippen LogP contribution in [0.4, 0.5) is 0 Å². The molecule has 0 saturated carbocycles. The van der Waals surface area contributed by atoms with Crippen molar-refractivity contribution < 1.29 is 19.4 Å². The Labute approximate surface area is 124 Å². The molecule has 6 nitrogen and oxygen atoms in total. The van der Waals surface area contributed by atoms with Gasteiger partial charge in [0.25, 0.3) is 0 Å². The van der Waals surface area contributed by atoms with Crippen molar-refractivity contribution in [3.8, 4) is 5.75 Å². The molecule has 1 aliphatic rings. The maximum absolute atomic E-state index is 11.1. The van der Waals surface area contributed by atoms with Gasteiger partial charge in [0.1, 0.15) is 12.7 Å². The average molecular weight is 294 g/mol. The van der Waals surface area contributed by atoms with Crippen LogP contribution in [0.25, 0.3) is 0 Å². The molecule has 0 amide bonds. The maximum Gasteiger partial charge on any atom is 0.358 e. The first kappa shape index (κ1) is 15.7. The zero-order chi connectivity index (χ0) is 15.2. The van der Waals surface area contributed by atoms with Gasteiger partial charge in [-0.1, -0.05) is 13.8 Å². The van der Waals surface area contributed by atoms with Gasteiger partial charge < -0.3 is 14.6 Å². The first-order valence-corrected chi connectivity index (χ1v) is 7.21. The van der Waals surface area contributed by atoms with E-state index in [0.717, 1.165) is 19.6 Å². The summed E-state index contributed by atoms with van der Waals surface area (Å²) in [7, 11) is 0. The Morgan fingerprint density at radius 1 is 1.62 bits per heavy atom. The number of aromatic nitrogens is 1. The Kier molecular flexibility index (Phi) is 5.52. The van der Waals surface area contributed by atoms with Gasteiger partial charge in [-0.3, -0.25) is 4.90 Å². The smallest absolute Gasteiger partial charge is 0.358 e. The summed E-state index contributed by atoms with van der Waals surface area (Å²) in [5, 5.41) is 9.06. The molecule has 116 valence electrons. The Morgan fingerprint density at radius 2 is 2.43 bits per heavy atom. The van der Waals surface area contributed by atoms with Crippen molar-refractivity contribution in [3.63, 3.8) is 0 Å². The normalized spacial score (nSPS) is 19.7. The molecule has 0 bridgehead atoms. The highest BCUT2D eigenvalue weighted by atomic mass is 16.5. The molecule has 21 heavy (non-hydrogen) atoms. The van der Waals surface area contributed by atoms with Crippen LogP contribution in [0.3, 0.4) is 0 Å². The minimum atomic E-state index is -1.09. The third-order valence-electron chi connectivity index (χ3n) is 3.24. The molecule has 1 atom stereocenters. The topological polar surface area (TPSA) is 71.9 Å². The largest absolute Gasteiger partial charge is 0.488 e. The number of ether oxygens (including phenoxy) is 2. The van der Waals surface area contributed by atoms with Crippen LogP contribution >= 0.6 is 0 Å². The van der Waals surface area contributed by atoms with E-state index in [1.165, 1.54) is 6.20 Å². The number of carboxylic acid groups (broad SMARTS) is 1. The third kappa shape index (κ3) is 4.68. The van der Waals surface area contributed by atoms with E-state index in [1.807, 2.05) is 0 Å². The number of carbonyl (C=O) groups is 1. The summed E-state index contributed by atoms with van der Waals surface area (Å²) in [5.74, 6) is -0.187. The molecule has 6 heteroatoms. The lowest BCUT2D eigenvalue weighted by Crippen LogP contribution is -2.46. The number of aromatic carboxylic acids is 1. The molecule has 2 rings (SSSR count). The van der Waals surface area contributed by atoms with E-state index >= 15 is 0 Å². The van der Waals surface area contributed by atoms with Crippen LogP contribution in [0.1, 0.15) is 24.3 Å². The Balaban J connectivity index is 1.89. The van der Waals surface area contributed by atoms with Crippen LogP contribution in [0.2, 0.25) is 0 Å². The SMILES string of the molecule is CC(C)CN1CCOC(COc2cccnc2C(=O)O)C1. The van der Waals surface area contributed by atoms with Gasteiger partial charge in [-0.2, -0.15) is 0 Å². The monoisotopic (exact) mass is 294 g/mol. The van der Waals surface area contributed by atoms with E-state index in [-0.39, 0.29) is 17.5 Å². The number of nitrogens with zero attached hydrogens (tertiary/aromatic N) is 2. The number of carboxylic acids is 1. The van der Waals surface area contributed by atoms with E-state index < -0.39 is 5.97 Å². The molecular weight excluding hydrogens is 272 g/mol. The van der Waals surface area contributed by atoms with Gasteiger partial charge in [0.15, 0.2) is 11.4 Å². The fraction of sp³-hybridized carbons (Fsp3) is 0.600. The predicted octanol–water partition coefficient (Wildman–Crippen LogP) is 1.52. The Bertz CT molecular complexity index is 478. The van der Waals surface area contributed by atoms with Crippen molar-refractivity contribution in [2.24, 2.45) is 5.92 Å². The zero-order valence-corrected chi connectivity index (χ0v) is 12.5. The maximum atomic E-state index is 11.1. The fourth-order valence-corrected chi connectivity index (χ4v) is 2.41. The van der Waals surface area contributed by atoms with Crippen LogP contribution in [-0.2, 0) is 4.74 Å². The van der Waals surface area contributed by atoms with Gasteiger partial charge in [-0.15, -0.1) is 0 Å². The molecule has 0 spiro atoms. The highest BCUT2D eigenvalue weighted by Crippen LogP contribution is 2.16. The van der Waals surface area contributed by atoms with E-state index in [9.17, 15) is 4.79 Å². The molecule has 2 heterocycles. The predicted molar refractivity (Wildman–Crippen MR) is 77.7 cm³/mol. The van der Waals surface area contributed by atoms with Crippen molar-refractivity contribution in [2.75, 3.05) is 32.8 Å². The van der Waals surface area contributed by atoms with Crippen LogP contribution in [0.5, 0.6) is 5.75 Å². The molecule has 1 aromatic heterocycles. The van der Waals surface area contributed by atoms with Gasteiger partial charge in [0.05, 0.1) is 6.61 Å². The lowest BCUT2D eigenvalue weighted by atomic mass is 10.2. The van der Waals surface area contributed by atoms with Gasteiger partial charge in [-0.25, -0.2) is 9.78 Å². The van der Waals surface area contributed by atoms with Crippen molar-refractivity contribution >= 4 is 5.97 Å².